The predicted octanol–water partition coefficient (Wildman–Crippen LogP) is 1.54. The maximum Gasteiger partial charge on any atom is 0.306 e. The van der Waals surface area contributed by atoms with E-state index >= 15 is 0 Å². The van der Waals surface area contributed by atoms with Crippen LogP contribution in [0, 0.1) is 5.92 Å². The van der Waals surface area contributed by atoms with Gasteiger partial charge in [-0.2, -0.15) is 0 Å². The van der Waals surface area contributed by atoms with E-state index in [4.69, 9.17) is 10.8 Å². The van der Waals surface area contributed by atoms with Gasteiger partial charge >= 0.3 is 5.97 Å². The summed E-state index contributed by atoms with van der Waals surface area (Å²) in [4.78, 5) is 22.3. The van der Waals surface area contributed by atoms with Gasteiger partial charge in [0.15, 0.2) is 0 Å². The van der Waals surface area contributed by atoms with E-state index in [1.165, 1.54) is 6.92 Å². The van der Waals surface area contributed by atoms with Crippen molar-refractivity contribution in [3.05, 3.63) is 29.8 Å². The van der Waals surface area contributed by atoms with Crippen LogP contribution in [0.25, 0.3) is 0 Å². The molecule has 0 saturated heterocycles. The molecular weight excluding hydrogens is 264 g/mol. The second kappa shape index (κ2) is 7.59. The highest BCUT2D eigenvalue weighted by Crippen LogP contribution is 2.18. The van der Waals surface area contributed by atoms with Crippen LogP contribution >= 0.6 is 0 Å². The van der Waals surface area contributed by atoms with Crippen LogP contribution in [-0.2, 0) is 16.0 Å². The van der Waals surface area contributed by atoms with Crippen LogP contribution in [0.2, 0.25) is 0 Å². The average molecular weight is 282 g/mol. The third-order valence-electron chi connectivity index (χ3n) is 3.04. The predicted molar refractivity (Wildman–Crippen MR) is 71.1 cm³/mol. The van der Waals surface area contributed by atoms with Crippen LogP contribution in [0.15, 0.2) is 24.3 Å². The molecule has 0 spiro atoms. The fraction of sp³-hybridized carbons (Fsp3) is 0.429. The summed E-state index contributed by atoms with van der Waals surface area (Å²) in [5.74, 6) is -1.58. The van der Waals surface area contributed by atoms with Gasteiger partial charge in [-0.1, -0.05) is 12.1 Å². The molecule has 1 rings (SSSR count). The number of carboxylic acids is 1. The molecule has 0 fully saturated rings. The molecule has 6 heteroatoms. The van der Waals surface area contributed by atoms with E-state index in [0.717, 1.165) is 5.56 Å². The van der Waals surface area contributed by atoms with Gasteiger partial charge in [0.25, 0.3) is 0 Å². The quantitative estimate of drug-likeness (QED) is 0.755. The molecule has 0 aliphatic carbocycles. The van der Waals surface area contributed by atoms with Gasteiger partial charge in [0.1, 0.15) is 11.5 Å². The summed E-state index contributed by atoms with van der Waals surface area (Å²) in [6, 6.07) is 5.70. The van der Waals surface area contributed by atoms with Crippen molar-refractivity contribution in [2.75, 3.05) is 6.86 Å². The Morgan fingerprint density at radius 3 is 2.40 bits per heavy atom. The fourth-order valence-electron chi connectivity index (χ4n) is 1.81. The largest absolute Gasteiger partial charge is 0.481 e. The molecule has 0 amide bonds. The van der Waals surface area contributed by atoms with Crippen LogP contribution in [0.4, 0.5) is 4.39 Å². The molecule has 0 unspecified atom stereocenters. The average Bonchev–Trinajstić information content (AvgIpc) is 2.40. The maximum atomic E-state index is 12.0. The molecule has 0 aliphatic rings. The van der Waals surface area contributed by atoms with E-state index in [-0.39, 0.29) is 18.6 Å². The lowest BCUT2D eigenvalue weighted by atomic mass is 9.92. The van der Waals surface area contributed by atoms with Gasteiger partial charge in [0.2, 0.25) is 6.86 Å². The number of Topliss-reactive ketones (excluding diaryl/α,β-unsaturated/α-hetero) is 1. The number of rotatable bonds is 8. The Bertz CT molecular complexity index is 461. The molecule has 1 aromatic rings. The van der Waals surface area contributed by atoms with Crippen LogP contribution in [0.1, 0.15) is 18.9 Å². The van der Waals surface area contributed by atoms with Crippen LogP contribution in [-0.4, -0.2) is 29.8 Å². The molecule has 3 N–H and O–H groups in total. The van der Waals surface area contributed by atoms with Crippen molar-refractivity contribution in [3.8, 4) is 5.75 Å². The summed E-state index contributed by atoms with van der Waals surface area (Å²) in [5.41, 5.74) is 6.36. The standard InChI is InChI=1S/C14H18FNO4/c1-9(17)13(16)7-11(14(18)19)6-10-2-4-12(5-3-10)20-8-15/h2-5,11,13H,6-8,16H2,1H3,(H,18,19)/t11-,13-/m0/s1/i15-1. The van der Waals surface area contributed by atoms with Gasteiger partial charge in [-0.15, -0.1) is 0 Å². The summed E-state index contributed by atoms with van der Waals surface area (Å²) >= 11 is 0. The zero-order valence-electron chi connectivity index (χ0n) is 11.2. The number of halogens is 1. The number of carboxylic acid groups (broad SMARTS) is 1. The first-order chi connectivity index (χ1) is 9.43. The zero-order valence-corrected chi connectivity index (χ0v) is 11.2. The smallest absolute Gasteiger partial charge is 0.306 e. The molecule has 1 aromatic carbocycles. The number of hydrogen-bond donors (Lipinski definition) is 2. The number of carbonyl (C=O) groups excluding carboxylic acids is 1. The lowest BCUT2D eigenvalue weighted by molar-refractivity contribution is -0.142. The van der Waals surface area contributed by atoms with Gasteiger partial charge in [0.05, 0.1) is 12.0 Å². The van der Waals surface area contributed by atoms with E-state index in [0.29, 0.717) is 5.75 Å². The molecule has 5 nitrogen and oxygen atoms in total. The van der Waals surface area contributed by atoms with E-state index in [1.807, 2.05) is 0 Å². The van der Waals surface area contributed by atoms with Crippen molar-refractivity contribution >= 4 is 11.8 Å². The molecule has 20 heavy (non-hydrogen) atoms. The molecule has 0 bridgehead atoms. The Morgan fingerprint density at radius 2 is 1.95 bits per heavy atom. The summed E-state index contributed by atoms with van der Waals surface area (Å²) in [6.07, 6.45) is 0.347. The first-order valence-electron chi connectivity index (χ1n) is 6.20. The van der Waals surface area contributed by atoms with Crippen LogP contribution in [0.3, 0.4) is 0 Å². The summed E-state index contributed by atoms with van der Waals surface area (Å²) < 4.78 is 16.6. The van der Waals surface area contributed by atoms with Gasteiger partial charge in [-0.05, 0) is 37.5 Å². The van der Waals surface area contributed by atoms with Crippen molar-refractivity contribution in [2.24, 2.45) is 11.7 Å². The van der Waals surface area contributed by atoms with Crippen molar-refractivity contribution < 1.29 is 23.8 Å². The highest BCUT2D eigenvalue weighted by atomic mass is 18.2. The molecule has 0 saturated carbocycles. The lowest BCUT2D eigenvalue weighted by Crippen LogP contribution is -2.33. The van der Waals surface area contributed by atoms with Gasteiger partial charge < -0.3 is 15.6 Å². The number of alkyl halides is 1. The molecule has 0 aromatic heterocycles. The number of benzene rings is 1. The first kappa shape index (κ1) is 16.1. The minimum absolute atomic E-state index is 0.0907. The van der Waals surface area contributed by atoms with E-state index in [2.05, 4.69) is 4.74 Å². The van der Waals surface area contributed by atoms with Gasteiger partial charge in [0, 0.05) is 0 Å². The second-order valence-corrected chi connectivity index (χ2v) is 4.59. The highest BCUT2D eigenvalue weighted by molar-refractivity contribution is 5.82. The molecule has 0 heterocycles. The molecule has 0 radical (unpaired) electrons. The van der Waals surface area contributed by atoms with E-state index < -0.39 is 24.8 Å². The van der Waals surface area contributed by atoms with Crippen molar-refractivity contribution in [2.45, 2.75) is 25.8 Å². The number of ether oxygens (including phenoxy) is 1. The molecule has 110 valence electrons. The summed E-state index contributed by atoms with van der Waals surface area (Å²) in [6.45, 7) is 0.428. The maximum absolute atomic E-state index is 12.0. The second-order valence-electron chi connectivity index (χ2n) is 4.59. The fourth-order valence-corrected chi connectivity index (χ4v) is 1.81. The number of ketones is 1. The number of nitrogens with two attached hydrogens (primary N) is 1. The van der Waals surface area contributed by atoms with Crippen LogP contribution < -0.4 is 10.5 Å². The third-order valence-corrected chi connectivity index (χ3v) is 3.04. The minimum Gasteiger partial charge on any atom is -0.481 e. The Morgan fingerprint density at radius 1 is 1.35 bits per heavy atom. The Hall–Kier alpha value is -1.95. The Balaban J connectivity index is 2.70. The summed E-state index contributed by atoms with van der Waals surface area (Å²) in [5, 5.41) is 9.16. The highest BCUT2D eigenvalue weighted by Gasteiger charge is 2.23. The topological polar surface area (TPSA) is 89.6 Å². The van der Waals surface area contributed by atoms with Crippen LogP contribution in [0.5, 0.6) is 5.75 Å². The Labute approximate surface area is 116 Å². The minimum atomic E-state index is -0.995. The van der Waals surface area contributed by atoms with Crippen molar-refractivity contribution in [3.63, 3.8) is 0 Å². The zero-order chi connectivity index (χ0) is 15.1. The normalized spacial score (nSPS) is 13.6. The SMILES string of the molecule is CC(=O)[C@@H](N)C[C@H](Cc1ccc(OC[18F])cc1)C(=O)O. The molecule has 2 atom stereocenters. The summed E-state index contributed by atoms with van der Waals surface area (Å²) in [7, 11) is 0. The third kappa shape index (κ3) is 4.97. The number of carbonyl (C=O) groups is 2. The van der Waals surface area contributed by atoms with Gasteiger partial charge in [-0.25, -0.2) is 4.39 Å². The number of aliphatic carboxylic acids is 1. The monoisotopic (exact) mass is 282 g/mol. The van der Waals surface area contributed by atoms with E-state index in [1.54, 1.807) is 24.3 Å². The lowest BCUT2D eigenvalue weighted by Gasteiger charge is -2.16. The van der Waals surface area contributed by atoms with Gasteiger partial charge in [-0.3, -0.25) is 9.59 Å². The van der Waals surface area contributed by atoms with Crippen molar-refractivity contribution in [1.29, 1.82) is 0 Å². The Kier molecular flexibility index (Phi) is 6.11. The van der Waals surface area contributed by atoms with Crippen molar-refractivity contribution in [1.82, 2.24) is 0 Å². The number of hydrogen-bond acceptors (Lipinski definition) is 4. The molecule has 0 aliphatic heterocycles. The van der Waals surface area contributed by atoms with E-state index in [9.17, 15) is 14.0 Å². The first-order valence-corrected chi connectivity index (χ1v) is 6.20. The molecular formula is C14H18FNO4.